The van der Waals surface area contributed by atoms with E-state index in [-0.39, 0.29) is 0 Å². The molecule has 164 valence electrons. The first-order chi connectivity index (χ1) is 16.1. The summed E-state index contributed by atoms with van der Waals surface area (Å²) in [6.45, 7) is 4.25. The lowest BCUT2D eigenvalue weighted by Gasteiger charge is -2.26. The van der Waals surface area contributed by atoms with Crippen LogP contribution in [0.4, 0.5) is 17.1 Å². The Kier molecular flexibility index (Phi) is 7.06. The fraction of sp³-hybridized carbons (Fsp3) is 0.0968. The molecule has 0 N–H and O–H groups in total. The summed E-state index contributed by atoms with van der Waals surface area (Å²) in [5.74, 6) is 0.849. The molecule has 0 aromatic heterocycles. The molecule has 4 aromatic rings. The second kappa shape index (κ2) is 10.5. The van der Waals surface area contributed by atoms with E-state index < -0.39 is 0 Å². The molecule has 0 radical (unpaired) electrons. The van der Waals surface area contributed by atoms with Crippen molar-refractivity contribution in [2.24, 2.45) is 0 Å². The number of hydrogen-bond donors (Lipinski definition) is 0. The van der Waals surface area contributed by atoms with Crippen LogP contribution in [-0.4, -0.2) is 7.11 Å². The third kappa shape index (κ3) is 5.61. The van der Waals surface area contributed by atoms with Crippen molar-refractivity contribution >= 4 is 28.7 Å². The van der Waals surface area contributed by atoms with Gasteiger partial charge in [0.15, 0.2) is 0 Å². The van der Waals surface area contributed by atoms with Crippen LogP contribution in [0.15, 0.2) is 115 Å². The van der Waals surface area contributed by atoms with Gasteiger partial charge in [-0.25, -0.2) is 0 Å². The van der Waals surface area contributed by atoms with Gasteiger partial charge in [-0.1, -0.05) is 78.4 Å². The molecule has 2 heteroatoms. The molecule has 0 unspecified atom stereocenters. The predicted octanol–water partition coefficient (Wildman–Crippen LogP) is 8.59. The Morgan fingerprint density at radius 1 is 0.697 bits per heavy atom. The molecule has 0 heterocycles. The molecular weight excluding hydrogens is 402 g/mol. The number of methoxy groups -OCH3 is 1. The van der Waals surface area contributed by atoms with Crippen molar-refractivity contribution < 1.29 is 4.74 Å². The van der Waals surface area contributed by atoms with E-state index in [0.717, 1.165) is 22.8 Å². The van der Waals surface area contributed by atoms with Gasteiger partial charge in [0.1, 0.15) is 5.75 Å². The fourth-order valence-corrected chi connectivity index (χ4v) is 3.71. The largest absolute Gasteiger partial charge is 0.497 e. The minimum atomic E-state index is 0.849. The van der Waals surface area contributed by atoms with Crippen molar-refractivity contribution in [2.75, 3.05) is 12.0 Å². The van der Waals surface area contributed by atoms with Gasteiger partial charge in [0, 0.05) is 17.1 Å². The minimum absolute atomic E-state index is 0.849. The zero-order valence-corrected chi connectivity index (χ0v) is 19.4. The van der Waals surface area contributed by atoms with E-state index in [2.05, 4.69) is 122 Å². The number of anilines is 3. The van der Waals surface area contributed by atoms with Gasteiger partial charge in [-0.3, -0.25) is 0 Å². The molecule has 0 atom stereocenters. The van der Waals surface area contributed by atoms with Gasteiger partial charge in [0.05, 0.1) is 7.11 Å². The minimum Gasteiger partial charge on any atom is -0.497 e. The third-order valence-electron chi connectivity index (χ3n) is 5.64. The van der Waals surface area contributed by atoms with E-state index in [1.54, 1.807) is 7.11 Å². The molecule has 0 aliphatic rings. The van der Waals surface area contributed by atoms with Crippen molar-refractivity contribution in [1.82, 2.24) is 0 Å². The van der Waals surface area contributed by atoms with Crippen LogP contribution in [0.1, 0.15) is 23.6 Å². The normalized spacial score (nSPS) is 11.5. The zero-order valence-electron chi connectivity index (χ0n) is 19.4. The first-order valence-electron chi connectivity index (χ1n) is 11.2. The molecule has 0 aliphatic carbocycles. The van der Waals surface area contributed by atoms with Crippen LogP contribution in [0.25, 0.3) is 11.6 Å². The average Bonchev–Trinajstić information content (AvgIpc) is 2.87. The molecule has 33 heavy (non-hydrogen) atoms. The molecular formula is C31H29NO. The molecule has 4 rings (SSSR count). The predicted molar refractivity (Wildman–Crippen MR) is 142 cm³/mol. The second-order valence-corrected chi connectivity index (χ2v) is 8.04. The Morgan fingerprint density at radius 2 is 1.24 bits per heavy atom. The van der Waals surface area contributed by atoms with Gasteiger partial charge < -0.3 is 9.64 Å². The first-order valence-corrected chi connectivity index (χ1v) is 11.2. The highest BCUT2D eigenvalue weighted by Gasteiger charge is 2.12. The second-order valence-electron chi connectivity index (χ2n) is 8.04. The molecule has 4 aromatic carbocycles. The molecule has 0 bridgehead atoms. The lowest BCUT2D eigenvalue weighted by Crippen LogP contribution is -2.09. The van der Waals surface area contributed by atoms with Gasteiger partial charge >= 0.3 is 0 Å². The summed E-state index contributed by atoms with van der Waals surface area (Å²) in [7, 11) is 1.69. The Bertz CT molecular complexity index is 1220. The summed E-state index contributed by atoms with van der Waals surface area (Å²) in [4.78, 5) is 2.26. The lowest BCUT2D eigenvalue weighted by molar-refractivity contribution is 0.415. The van der Waals surface area contributed by atoms with Crippen LogP contribution >= 0.6 is 0 Å². The van der Waals surface area contributed by atoms with Crippen molar-refractivity contribution in [3.05, 3.63) is 132 Å². The smallest absolute Gasteiger partial charge is 0.119 e. The van der Waals surface area contributed by atoms with E-state index >= 15 is 0 Å². The summed E-state index contributed by atoms with van der Waals surface area (Å²) in [6.07, 6.45) is 6.39. The monoisotopic (exact) mass is 431 g/mol. The van der Waals surface area contributed by atoms with Gasteiger partial charge in [0.25, 0.3) is 0 Å². The van der Waals surface area contributed by atoms with Crippen LogP contribution in [-0.2, 0) is 0 Å². The number of allylic oxidation sites excluding steroid dienone is 3. The van der Waals surface area contributed by atoms with Crippen LogP contribution in [0.3, 0.4) is 0 Å². The average molecular weight is 432 g/mol. The number of aryl methyl sites for hydroxylation is 1. The van der Waals surface area contributed by atoms with Gasteiger partial charge in [-0.15, -0.1) is 0 Å². The number of benzene rings is 4. The molecule has 0 saturated carbocycles. The van der Waals surface area contributed by atoms with Crippen molar-refractivity contribution in [1.29, 1.82) is 0 Å². The standard InChI is InChI=1S/C31H29NO/c1-24-12-16-28(17-13-24)32(30-20-22-31(33-3)23-21-30)29-18-14-27(15-19-29)25(2)8-7-11-26-9-5-4-6-10-26/h4-23H,1-3H3. The van der Waals surface area contributed by atoms with Gasteiger partial charge in [-0.05, 0) is 79.1 Å². The first kappa shape index (κ1) is 22.2. The third-order valence-corrected chi connectivity index (χ3v) is 5.64. The highest BCUT2D eigenvalue weighted by molar-refractivity contribution is 5.78. The Morgan fingerprint density at radius 3 is 1.82 bits per heavy atom. The Hall–Kier alpha value is -4.04. The lowest BCUT2D eigenvalue weighted by atomic mass is 10.1. The van der Waals surface area contributed by atoms with E-state index in [1.807, 2.05) is 18.2 Å². The highest BCUT2D eigenvalue weighted by atomic mass is 16.5. The van der Waals surface area contributed by atoms with Crippen LogP contribution in [0.2, 0.25) is 0 Å². The van der Waals surface area contributed by atoms with E-state index in [1.165, 1.54) is 22.3 Å². The Balaban J connectivity index is 1.61. The number of ether oxygens (including phenoxy) is 1. The highest BCUT2D eigenvalue weighted by Crippen LogP contribution is 2.35. The van der Waals surface area contributed by atoms with Crippen LogP contribution in [0.5, 0.6) is 5.75 Å². The number of hydrogen-bond acceptors (Lipinski definition) is 2. The fourth-order valence-electron chi connectivity index (χ4n) is 3.71. The molecule has 0 saturated heterocycles. The maximum absolute atomic E-state index is 5.35. The van der Waals surface area contributed by atoms with Crippen molar-refractivity contribution in [3.63, 3.8) is 0 Å². The van der Waals surface area contributed by atoms with Gasteiger partial charge in [-0.2, -0.15) is 0 Å². The summed E-state index contributed by atoms with van der Waals surface area (Å²) in [6, 6.07) is 35.9. The molecule has 0 fully saturated rings. The summed E-state index contributed by atoms with van der Waals surface area (Å²) in [5.41, 5.74) is 8.19. The molecule has 2 nitrogen and oxygen atoms in total. The van der Waals surface area contributed by atoms with Gasteiger partial charge in [0.2, 0.25) is 0 Å². The van der Waals surface area contributed by atoms with Crippen molar-refractivity contribution in [2.45, 2.75) is 13.8 Å². The van der Waals surface area contributed by atoms with E-state index in [0.29, 0.717) is 0 Å². The van der Waals surface area contributed by atoms with E-state index in [9.17, 15) is 0 Å². The maximum atomic E-state index is 5.35. The summed E-state index contributed by atoms with van der Waals surface area (Å²) >= 11 is 0. The number of nitrogens with zero attached hydrogens (tertiary/aromatic N) is 1. The van der Waals surface area contributed by atoms with E-state index in [4.69, 9.17) is 4.74 Å². The topological polar surface area (TPSA) is 12.5 Å². The summed E-state index contributed by atoms with van der Waals surface area (Å²) in [5, 5.41) is 0. The van der Waals surface area contributed by atoms with Crippen LogP contribution < -0.4 is 9.64 Å². The quantitative estimate of drug-likeness (QED) is 0.272. The molecule has 0 aliphatic heterocycles. The summed E-state index contributed by atoms with van der Waals surface area (Å²) < 4.78 is 5.35. The Labute approximate surface area is 197 Å². The zero-order chi connectivity index (χ0) is 23.0. The van der Waals surface area contributed by atoms with Crippen molar-refractivity contribution in [3.8, 4) is 5.75 Å². The maximum Gasteiger partial charge on any atom is 0.119 e. The molecule has 0 spiro atoms. The van der Waals surface area contributed by atoms with Crippen LogP contribution in [0, 0.1) is 6.92 Å². The number of rotatable bonds is 7. The molecule has 0 amide bonds. The SMILES string of the molecule is COc1ccc(N(c2ccc(C)cc2)c2ccc(C(C)=CC=Cc3ccccc3)cc2)cc1.